The normalized spacial score (nSPS) is 25.1. The fraction of sp³-hybridized carbons (Fsp3) is 0.377. The van der Waals surface area contributed by atoms with Gasteiger partial charge in [0.05, 0.1) is 32.4 Å². The number of nitrogens with one attached hydrogen (secondary N) is 1. The van der Waals surface area contributed by atoms with Crippen LogP contribution in [0.15, 0.2) is 78.9 Å². The van der Waals surface area contributed by atoms with Gasteiger partial charge in [-0.15, -0.1) is 17.8 Å². The van der Waals surface area contributed by atoms with Gasteiger partial charge < -0.3 is 43.2 Å². The number of aryl methyl sites for hydroxylation is 1. The van der Waals surface area contributed by atoms with E-state index in [1.807, 2.05) is 86.6 Å². The van der Waals surface area contributed by atoms with Gasteiger partial charge in [0.25, 0.3) is 0 Å². The maximum Gasteiger partial charge on any atom is 0.331 e. The lowest BCUT2D eigenvalue weighted by Gasteiger charge is -2.65. The summed E-state index contributed by atoms with van der Waals surface area (Å²) < 4.78 is 50.7. The summed E-state index contributed by atoms with van der Waals surface area (Å²) in [5.74, 6) is 2.75. The van der Waals surface area contributed by atoms with Crippen LogP contribution in [-0.4, -0.2) is 74.9 Å². The Labute approximate surface area is 399 Å². The molecule has 2 saturated heterocycles. The SMILES string of the molecule is COc1cc2c(cc1OCc1ccccc1)CCN[C@]21CS[C@@H]2c3c(OC(C)=O)c(C)c4c(c3[C@H](COC1=O)N1C2[C@@H]2[N-][C@@H](Cc3cc(C)c(OC)c(OCc5ccccc5)c32)[C@@H]1C#N)OCO4. The van der Waals surface area contributed by atoms with Crippen LogP contribution in [0, 0.1) is 25.2 Å². The zero-order valence-electron chi connectivity index (χ0n) is 38.5. The highest BCUT2D eigenvalue weighted by Gasteiger charge is 2.57. The summed E-state index contributed by atoms with van der Waals surface area (Å²) >= 11 is 1.53. The summed E-state index contributed by atoms with van der Waals surface area (Å²) in [6, 6.07) is 25.5. The van der Waals surface area contributed by atoms with Crippen LogP contribution < -0.4 is 38.5 Å². The number of hydrogen-bond donors (Lipinski definition) is 1. The van der Waals surface area contributed by atoms with Crippen molar-refractivity contribution < 1.29 is 47.5 Å². The number of rotatable bonds is 9. The van der Waals surface area contributed by atoms with E-state index in [9.17, 15) is 10.1 Å². The lowest BCUT2D eigenvalue weighted by atomic mass is 9.72. The molecule has 0 aromatic heterocycles. The van der Waals surface area contributed by atoms with E-state index in [1.165, 1.54) is 18.7 Å². The van der Waals surface area contributed by atoms with E-state index in [2.05, 4.69) is 22.4 Å². The Hall–Kier alpha value is -6.44. The van der Waals surface area contributed by atoms with Crippen molar-refractivity contribution in [2.75, 3.05) is 39.9 Å². The Morgan fingerprint density at radius 3 is 2.32 bits per heavy atom. The van der Waals surface area contributed by atoms with Crippen molar-refractivity contribution in [3.05, 3.63) is 140 Å². The lowest BCUT2D eigenvalue weighted by Crippen LogP contribution is -2.64. The summed E-state index contributed by atoms with van der Waals surface area (Å²) in [4.78, 5) is 30.6. The van der Waals surface area contributed by atoms with E-state index >= 15 is 4.79 Å². The number of carbonyl (C=O) groups is 2. The molecule has 0 amide bonds. The van der Waals surface area contributed by atoms with Crippen LogP contribution in [0.2, 0.25) is 0 Å². The van der Waals surface area contributed by atoms with Gasteiger partial charge in [-0.25, -0.2) is 4.79 Å². The maximum atomic E-state index is 15.2. The van der Waals surface area contributed by atoms with Gasteiger partial charge in [0.2, 0.25) is 6.79 Å². The molecule has 0 saturated carbocycles. The van der Waals surface area contributed by atoms with Crippen LogP contribution in [0.5, 0.6) is 40.2 Å². The zero-order valence-corrected chi connectivity index (χ0v) is 39.3. The van der Waals surface area contributed by atoms with E-state index < -0.39 is 52.9 Å². The van der Waals surface area contributed by atoms with E-state index in [0.717, 1.165) is 38.9 Å². The molecule has 2 fully saturated rings. The number of piperazine rings is 1. The van der Waals surface area contributed by atoms with E-state index in [0.29, 0.717) is 82.9 Å². The fourth-order valence-electron chi connectivity index (χ4n) is 11.4. The molecule has 1 unspecified atom stereocenters. The topological polar surface area (TPSA) is 161 Å². The number of hydrogen-bond acceptors (Lipinski definition) is 14. The van der Waals surface area contributed by atoms with Crippen LogP contribution in [0.1, 0.15) is 79.9 Å². The third-order valence-electron chi connectivity index (χ3n) is 14.3. The van der Waals surface area contributed by atoms with Gasteiger partial charge in [-0.05, 0) is 77.8 Å². The van der Waals surface area contributed by atoms with E-state index in [1.54, 1.807) is 14.2 Å². The predicted molar refractivity (Wildman–Crippen MR) is 252 cm³/mol. The highest BCUT2D eigenvalue weighted by atomic mass is 32.2. The summed E-state index contributed by atoms with van der Waals surface area (Å²) in [6.07, 6.45) is 1.10. The second-order valence-electron chi connectivity index (χ2n) is 18.1. The molecule has 5 aromatic rings. The third kappa shape index (κ3) is 7.10. The number of carbonyl (C=O) groups excluding carboxylic acids is 2. The summed E-state index contributed by atoms with van der Waals surface area (Å²) in [5, 5.41) is 20.0. The van der Waals surface area contributed by atoms with Gasteiger partial charge in [0.1, 0.15) is 25.6 Å². The average Bonchev–Trinajstić information content (AvgIpc) is 3.85. The number of methoxy groups -OCH3 is 2. The minimum atomic E-state index is -1.35. The Morgan fingerprint density at radius 1 is 0.882 bits per heavy atom. The zero-order chi connectivity index (χ0) is 46.8. The lowest BCUT2D eigenvalue weighted by molar-refractivity contribution is -0.155. The molecule has 15 heteroatoms. The summed E-state index contributed by atoms with van der Waals surface area (Å²) in [5.41, 5.74) is 7.11. The molecule has 14 nitrogen and oxygen atoms in total. The van der Waals surface area contributed by atoms with Gasteiger partial charge in [-0.3, -0.25) is 15.0 Å². The molecule has 5 aromatic carbocycles. The quantitative estimate of drug-likeness (QED) is 0.111. The monoisotopic (exact) mass is 935 g/mol. The minimum Gasteiger partial charge on any atom is -0.649 e. The second kappa shape index (κ2) is 17.6. The number of nitriles is 1. The van der Waals surface area contributed by atoms with Crippen LogP contribution in [0.3, 0.4) is 0 Å². The molecule has 68 heavy (non-hydrogen) atoms. The Balaban J connectivity index is 1.10. The van der Waals surface area contributed by atoms with Crippen molar-refractivity contribution in [1.82, 2.24) is 10.2 Å². The Bertz CT molecular complexity index is 2870. The highest BCUT2D eigenvalue weighted by Crippen LogP contribution is 2.65. The average molecular weight is 936 g/mol. The van der Waals surface area contributed by atoms with Crippen molar-refractivity contribution >= 4 is 23.7 Å². The summed E-state index contributed by atoms with van der Waals surface area (Å²) in [6.45, 7) is 6.14. The maximum absolute atomic E-state index is 15.2. The number of nitrogens with zero attached hydrogens (tertiary/aromatic N) is 3. The molecule has 7 atom stereocenters. The first-order valence-corrected chi connectivity index (χ1v) is 24.0. The first kappa shape index (κ1) is 44.1. The first-order chi connectivity index (χ1) is 33.1. The molecule has 0 aliphatic carbocycles. The Morgan fingerprint density at radius 2 is 1.62 bits per heavy atom. The van der Waals surface area contributed by atoms with Gasteiger partial charge in [0.15, 0.2) is 40.0 Å². The Kier molecular flexibility index (Phi) is 11.4. The largest absolute Gasteiger partial charge is 0.649 e. The van der Waals surface area contributed by atoms with Crippen LogP contribution in [0.25, 0.3) is 5.32 Å². The molecule has 0 radical (unpaired) electrons. The molecule has 7 heterocycles. The molecular formula is C53H51N4O10S-. The fourth-order valence-corrected chi connectivity index (χ4v) is 13.0. The molecule has 7 aliphatic heterocycles. The standard InChI is InChI=1S/C53H51N4O10S/c1-28-18-34-19-36-37(22-54)57-38-25-64-52(59)53(35-21-39(60-4)40(20-33(35)16-17-55-53)62-23-31-12-8-6-9-13-31)26-68-51(43-42(38)50-48(65-27-66-50)29(2)47(43)67-30(3)58)45(57)44(56-36)41(34)49(46(28)61-5)63-24-32-14-10-7-11-15-32/h6-15,18,20-21,36-38,44-45,51,55H,16-17,19,23-27H2,1-5H3/q-1/t36-,37-,38-,44+,45?,51+,53+/m0/s1. The number of thioether (sulfide) groups is 1. The molecular weight excluding hydrogens is 885 g/mol. The molecule has 12 rings (SSSR count). The van der Waals surface area contributed by atoms with Gasteiger partial charge in [-0.1, -0.05) is 72.8 Å². The second-order valence-corrected chi connectivity index (χ2v) is 19.2. The molecule has 1 spiro atoms. The molecule has 4 bridgehead atoms. The number of fused-ring (bicyclic) bond motifs is 9. The highest BCUT2D eigenvalue weighted by molar-refractivity contribution is 7.99. The third-order valence-corrected chi connectivity index (χ3v) is 15.7. The van der Waals surface area contributed by atoms with Crippen molar-refractivity contribution in [3.63, 3.8) is 0 Å². The van der Waals surface area contributed by atoms with Crippen molar-refractivity contribution in [1.29, 1.82) is 5.26 Å². The summed E-state index contributed by atoms with van der Waals surface area (Å²) in [7, 11) is 3.24. The van der Waals surface area contributed by atoms with E-state index in [-0.39, 0.29) is 25.8 Å². The van der Waals surface area contributed by atoms with E-state index in [4.69, 9.17) is 43.2 Å². The number of ether oxygens (including phenoxy) is 8. The van der Waals surface area contributed by atoms with Gasteiger partial charge in [-0.2, -0.15) is 5.26 Å². The molecule has 7 aliphatic rings. The number of esters is 2. The number of benzene rings is 5. The first-order valence-electron chi connectivity index (χ1n) is 22.9. The van der Waals surface area contributed by atoms with Crippen molar-refractivity contribution in [2.24, 2.45) is 0 Å². The smallest absolute Gasteiger partial charge is 0.331 e. The minimum absolute atomic E-state index is 0.0561. The predicted octanol–water partition coefficient (Wildman–Crippen LogP) is 8.18. The van der Waals surface area contributed by atoms with Crippen LogP contribution in [0.4, 0.5) is 0 Å². The molecule has 1 N–H and O–H groups in total. The molecule has 350 valence electrons. The van der Waals surface area contributed by atoms with Gasteiger partial charge >= 0.3 is 11.9 Å². The van der Waals surface area contributed by atoms with Crippen molar-refractivity contribution in [3.8, 4) is 46.3 Å². The van der Waals surface area contributed by atoms with Crippen LogP contribution >= 0.6 is 11.8 Å². The van der Waals surface area contributed by atoms with Crippen molar-refractivity contribution in [2.45, 2.75) is 87.8 Å². The van der Waals surface area contributed by atoms with Gasteiger partial charge in [0, 0.05) is 47.2 Å². The van der Waals surface area contributed by atoms with Crippen LogP contribution in [-0.2, 0) is 45.9 Å².